The van der Waals surface area contributed by atoms with Crippen LogP contribution in [-0.2, 0) is 11.3 Å². The molecular formula is C13H16FNO2. The van der Waals surface area contributed by atoms with Crippen LogP contribution in [0.4, 0.5) is 4.39 Å². The molecule has 1 aliphatic heterocycles. The molecule has 17 heavy (non-hydrogen) atoms. The third kappa shape index (κ3) is 2.82. The molecule has 0 unspecified atom stereocenters. The van der Waals surface area contributed by atoms with Crippen LogP contribution in [0.1, 0.15) is 24.8 Å². The number of piperidine rings is 1. The highest BCUT2D eigenvalue weighted by molar-refractivity contribution is 5.73. The lowest BCUT2D eigenvalue weighted by Crippen LogP contribution is -2.44. The first kappa shape index (κ1) is 12.0. The molecule has 1 N–H and O–H groups in total. The zero-order valence-electron chi connectivity index (χ0n) is 9.60. The maximum Gasteiger partial charge on any atom is 0.320 e. The van der Waals surface area contributed by atoms with E-state index in [-0.39, 0.29) is 5.82 Å². The van der Waals surface area contributed by atoms with Crippen molar-refractivity contribution in [2.45, 2.75) is 31.8 Å². The fraction of sp³-hybridized carbons (Fsp3) is 0.462. The lowest BCUT2D eigenvalue weighted by molar-refractivity contribution is -0.144. The third-order valence-corrected chi connectivity index (χ3v) is 3.23. The highest BCUT2D eigenvalue weighted by atomic mass is 19.1. The summed E-state index contributed by atoms with van der Waals surface area (Å²) in [6.45, 7) is 1.11. The summed E-state index contributed by atoms with van der Waals surface area (Å²) < 4.78 is 13.5. The zero-order valence-corrected chi connectivity index (χ0v) is 9.60. The lowest BCUT2D eigenvalue weighted by Gasteiger charge is -2.32. The maximum atomic E-state index is 13.5. The van der Waals surface area contributed by atoms with Gasteiger partial charge in [0, 0.05) is 12.1 Å². The van der Waals surface area contributed by atoms with Gasteiger partial charge in [0.25, 0.3) is 0 Å². The molecule has 0 aromatic heterocycles. The minimum absolute atomic E-state index is 0.262. The van der Waals surface area contributed by atoms with Crippen LogP contribution in [0.3, 0.4) is 0 Å². The van der Waals surface area contributed by atoms with Gasteiger partial charge in [0.05, 0.1) is 0 Å². The molecule has 0 saturated carbocycles. The molecule has 4 heteroatoms. The first-order valence-electron chi connectivity index (χ1n) is 5.89. The van der Waals surface area contributed by atoms with Gasteiger partial charge in [0.2, 0.25) is 0 Å². The second-order valence-electron chi connectivity index (χ2n) is 4.41. The van der Waals surface area contributed by atoms with Gasteiger partial charge in [0.1, 0.15) is 11.9 Å². The van der Waals surface area contributed by atoms with Crippen LogP contribution >= 0.6 is 0 Å². The fourth-order valence-electron chi connectivity index (χ4n) is 2.31. The van der Waals surface area contributed by atoms with Crippen LogP contribution in [0.25, 0.3) is 0 Å². The molecule has 92 valence electrons. The predicted molar refractivity (Wildman–Crippen MR) is 62.1 cm³/mol. The van der Waals surface area contributed by atoms with Gasteiger partial charge in [-0.25, -0.2) is 4.39 Å². The topological polar surface area (TPSA) is 40.5 Å². The van der Waals surface area contributed by atoms with Gasteiger partial charge >= 0.3 is 5.97 Å². The van der Waals surface area contributed by atoms with E-state index in [1.165, 1.54) is 6.07 Å². The summed E-state index contributed by atoms with van der Waals surface area (Å²) in [7, 11) is 0. The molecule has 0 aliphatic carbocycles. The number of nitrogens with zero attached hydrogens (tertiary/aromatic N) is 1. The number of hydrogen-bond donors (Lipinski definition) is 1. The number of likely N-dealkylation sites (tertiary alicyclic amines) is 1. The van der Waals surface area contributed by atoms with Gasteiger partial charge in [-0.2, -0.15) is 0 Å². The normalized spacial score (nSPS) is 21.4. The van der Waals surface area contributed by atoms with E-state index in [4.69, 9.17) is 5.11 Å². The maximum absolute atomic E-state index is 13.5. The van der Waals surface area contributed by atoms with Crippen molar-refractivity contribution in [1.82, 2.24) is 4.90 Å². The first-order valence-corrected chi connectivity index (χ1v) is 5.89. The number of carboxylic acid groups (broad SMARTS) is 1. The van der Waals surface area contributed by atoms with Crippen LogP contribution in [-0.4, -0.2) is 28.6 Å². The SMILES string of the molecule is O=C(O)[C@H]1CCCCN1Cc1ccccc1F. The Balaban J connectivity index is 2.11. The summed E-state index contributed by atoms with van der Waals surface area (Å²) in [5.74, 6) is -1.07. The molecule has 1 aromatic carbocycles. The minimum atomic E-state index is -0.805. The number of halogens is 1. The second kappa shape index (κ2) is 5.27. The molecule has 1 aliphatic rings. The van der Waals surface area contributed by atoms with E-state index in [9.17, 15) is 9.18 Å². The van der Waals surface area contributed by atoms with E-state index in [1.807, 2.05) is 4.90 Å². The summed E-state index contributed by atoms with van der Waals surface area (Å²) in [5, 5.41) is 9.12. The average molecular weight is 237 g/mol. The highest BCUT2D eigenvalue weighted by Gasteiger charge is 2.28. The van der Waals surface area contributed by atoms with E-state index in [0.29, 0.717) is 18.5 Å². The standard InChI is InChI=1S/C13H16FNO2/c14-11-6-2-1-5-10(11)9-15-8-4-3-7-12(15)13(16)17/h1-2,5-6,12H,3-4,7-9H2,(H,16,17)/t12-/m1/s1. The highest BCUT2D eigenvalue weighted by Crippen LogP contribution is 2.20. The van der Waals surface area contributed by atoms with Crippen molar-refractivity contribution in [3.05, 3.63) is 35.6 Å². The smallest absolute Gasteiger partial charge is 0.320 e. The summed E-state index contributed by atoms with van der Waals surface area (Å²) in [6, 6.07) is 6.07. The number of hydrogen-bond acceptors (Lipinski definition) is 2. The Morgan fingerprint density at radius 3 is 2.88 bits per heavy atom. The molecule has 0 amide bonds. The quantitative estimate of drug-likeness (QED) is 0.876. The Hall–Kier alpha value is -1.42. The van der Waals surface area contributed by atoms with Crippen molar-refractivity contribution in [3.63, 3.8) is 0 Å². The summed E-state index contributed by atoms with van der Waals surface area (Å²) in [5.41, 5.74) is 0.570. The monoisotopic (exact) mass is 237 g/mol. The molecule has 1 heterocycles. The van der Waals surface area contributed by atoms with Crippen LogP contribution in [0.5, 0.6) is 0 Å². The number of rotatable bonds is 3. The average Bonchev–Trinajstić information content (AvgIpc) is 2.32. The third-order valence-electron chi connectivity index (χ3n) is 3.23. The number of carbonyl (C=O) groups is 1. The van der Waals surface area contributed by atoms with Gasteiger partial charge < -0.3 is 5.11 Å². The number of benzene rings is 1. The second-order valence-corrected chi connectivity index (χ2v) is 4.41. The van der Waals surface area contributed by atoms with Crippen LogP contribution in [0.15, 0.2) is 24.3 Å². The van der Waals surface area contributed by atoms with Crippen molar-refractivity contribution in [2.24, 2.45) is 0 Å². The van der Waals surface area contributed by atoms with Crippen molar-refractivity contribution < 1.29 is 14.3 Å². The predicted octanol–water partition coefficient (Wildman–Crippen LogP) is 2.26. The number of aliphatic carboxylic acids is 1. The van der Waals surface area contributed by atoms with Gasteiger partial charge in [-0.15, -0.1) is 0 Å². The summed E-state index contributed by atoms with van der Waals surface area (Å²) in [4.78, 5) is 13.0. The molecule has 2 rings (SSSR count). The molecule has 1 fully saturated rings. The molecule has 1 saturated heterocycles. The minimum Gasteiger partial charge on any atom is -0.480 e. The molecule has 0 bridgehead atoms. The molecular weight excluding hydrogens is 221 g/mol. The molecule has 0 radical (unpaired) electrons. The van der Waals surface area contributed by atoms with Crippen LogP contribution in [0.2, 0.25) is 0 Å². The molecule has 1 atom stereocenters. The first-order chi connectivity index (χ1) is 8.18. The lowest BCUT2D eigenvalue weighted by atomic mass is 10.0. The van der Waals surface area contributed by atoms with Crippen molar-refractivity contribution in [2.75, 3.05) is 6.54 Å². The fourth-order valence-corrected chi connectivity index (χ4v) is 2.31. The van der Waals surface area contributed by atoms with E-state index in [1.54, 1.807) is 18.2 Å². The van der Waals surface area contributed by atoms with E-state index >= 15 is 0 Å². The Bertz CT molecular complexity index is 408. The van der Waals surface area contributed by atoms with E-state index < -0.39 is 12.0 Å². The van der Waals surface area contributed by atoms with Gasteiger partial charge in [-0.05, 0) is 25.5 Å². The van der Waals surface area contributed by atoms with Crippen molar-refractivity contribution in [1.29, 1.82) is 0 Å². The molecule has 1 aromatic rings. The Morgan fingerprint density at radius 2 is 2.18 bits per heavy atom. The summed E-state index contributed by atoms with van der Waals surface area (Å²) in [6.07, 6.45) is 2.58. The van der Waals surface area contributed by atoms with Gasteiger partial charge in [-0.3, -0.25) is 9.69 Å². The summed E-state index contributed by atoms with van der Waals surface area (Å²) >= 11 is 0. The van der Waals surface area contributed by atoms with Crippen LogP contribution < -0.4 is 0 Å². The van der Waals surface area contributed by atoms with Crippen LogP contribution in [0, 0.1) is 5.82 Å². The number of carboxylic acids is 1. The van der Waals surface area contributed by atoms with E-state index in [0.717, 1.165) is 19.4 Å². The Morgan fingerprint density at radius 1 is 1.41 bits per heavy atom. The van der Waals surface area contributed by atoms with Gasteiger partial charge in [0.15, 0.2) is 0 Å². The van der Waals surface area contributed by atoms with Crippen molar-refractivity contribution >= 4 is 5.97 Å². The zero-order chi connectivity index (χ0) is 12.3. The Labute approximate surface area is 99.9 Å². The molecule has 0 spiro atoms. The van der Waals surface area contributed by atoms with Crippen molar-refractivity contribution in [3.8, 4) is 0 Å². The molecule has 3 nitrogen and oxygen atoms in total. The van der Waals surface area contributed by atoms with Gasteiger partial charge in [-0.1, -0.05) is 24.6 Å². The van der Waals surface area contributed by atoms with E-state index in [2.05, 4.69) is 0 Å². The Kier molecular flexibility index (Phi) is 3.74. The largest absolute Gasteiger partial charge is 0.480 e.